The summed E-state index contributed by atoms with van der Waals surface area (Å²) in [4.78, 5) is 0. The molecule has 1 atom stereocenters. The van der Waals surface area contributed by atoms with Crippen LogP contribution in [0, 0.1) is 0 Å². The SMILES string of the molecule is CCCCC[I-]C1CCc2c(-c3ccc(N)cc3)cccc21. The molecule has 0 fully saturated rings. The fourth-order valence-electron chi connectivity index (χ4n) is 3.25. The second kappa shape index (κ2) is 7.49. The number of anilines is 1. The van der Waals surface area contributed by atoms with Crippen LogP contribution in [-0.4, -0.2) is 4.43 Å². The van der Waals surface area contributed by atoms with E-state index >= 15 is 0 Å². The molecule has 3 rings (SSSR count). The number of nitrogen functional groups attached to an aromatic ring is 1. The fourth-order valence-corrected chi connectivity index (χ4v) is 6.79. The van der Waals surface area contributed by atoms with Gasteiger partial charge in [0.15, 0.2) is 0 Å². The van der Waals surface area contributed by atoms with Crippen molar-refractivity contribution in [1.29, 1.82) is 0 Å². The number of hydrogen-bond acceptors (Lipinski definition) is 1. The second-order valence-electron chi connectivity index (χ2n) is 6.05. The van der Waals surface area contributed by atoms with E-state index in [0.717, 1.165) is 9.61 Å². The Morgan fingerprint density at radius 3 is 2.68 bits per heavy atom. The maximum atomic E-state index is 5.82. The Balaban J connectivity index is 1.79. The molecule has 0 saturated heterocycles. The molecule has 0 amide bonds. The molecular formula is C20H25IN-. The molecule has 1 aliphatic carbocycles. The summed E-state index contributed by atoms with van der Waals surface area (Å²) < 4.78 is 2.38. The quantitative estimate of drug-likeness (QED) is 0.339. The van der Waals surface area contributed by atoms with E-state index in [1.54, 1.807) is 11.1 Å². The van der Waals surface area contributed by atoms with Crippen LogP contribution in [0.5, 0.6) is 0 Å². The molecule has 118 valence electrons. The number of rotatable bonds is 6. The van der Waals surface area contributed by atoms with Crippen LogP contribution in [0.2, 0.25) is 0 Å². The Morgan fingerprint density at radius 2 is 1.91 bits per heavy atom. The first-order valence-electron chi connectivity index (χ1n) is 8.35. The Labute approximate surface area is 144 Å². The van der Waals surface area contributed by atoms with Gasteiger partial charge in [0.1, 0.15) is 0 Å². The number of alkyl halides is 2. The molecular weight excluding hydrogens is 381 g/mol. The van der Waals surface area contributed by atoms with Crippen LogP contribution in [0.15, 0.2) is 42.5 Å². The van der Waals surface area contributed by atoms with E-state index in [9.17, 15) is 0 Å². The maximum absolute atomic E-state index is 5.82. The van der Waals surface area contributed by atoms with Gasteiger partial charge in [-0.15, -0.1) is 0 Å². The van der Waals surface area contributed by atoms with Crippen LogP contribution in [0.3, 0.4) is 0 Å². The van der Waals surface area contributed by atoms with Gasteiger partial charge in [0, 0.05) is 0 Å². The summed E-state index contributed by atoms with van der Waals surface area (Å²) in [7, 11) is 0. The zero-order valence-electron chi connectivity index (χ0n) is 13.3. The molecule has 0 heterocycles. The summed E-state index contributed by atoms with van der Waals surface area (Å²) in [6, 6.07) is 15.3. The van der Waals surface area contributed by atoms with E-state index in [4.69, 9.17) is 5.73 Å². The van der Waals surface area contributed by atoms with Crippen LogP contribution in [0.4, 0.5) is 5.69 Å². The second-order valence-corrected chi connectivity index (χ2v) is 9.52. The molecule has 2 N–H and O–H groups in total. The Morgan fingerprint density at radius 1 is 1.09 bits per heavy atom. The number of nitrogens with two attached hydrogens (primary N) is 1. The normalized spacial score (nSPS) is 16.9. The third-order valence-corrected chi connectivity index (χ3v) is 8.19. The van der Waals surface area contributed by atoms with Gasteiger partial charge in [-0.1, -0.05) is 0 Å². The Bertz CT molecular complexity index is 618. The van der Waals surface area contributed by atoms with Crippen molar-refractivity contribution in [2.75, 3.05) is 10.2 Å². The van der Waals surface area contributed by atoms with E-state index in [1.807, 2.05) is 12.1 Å². The van der Waals surface area contributed by atoms with E-state index < -0.39 is 0 Å². The molecule has 2 aromatic carbocycles. The number of benzene rings is 2. The Kier molecular flexibility index (Phi) is 5.40. The molecule has 1 aliphatic rings. The van der Waals surface area contributed by atoms with Gasteiger partial charge in [0.25, 0.3) is 0 Å². The van der Waals surface area contributed by atoms with Gasteiger partial charge in [0.05, 0.1) is 0 Å². The van der Waals surface area contributed by atoms with Crippen LogP contribution >= 0.6 is 0 Å². The minimum absolute atomic E-state index is 0.312. The molecule has 2 heteroatoms. The van der Waals surface area contributed by atoms with Gasteiger partial charge in [-0.2, -0.15) is 0 Å². The van der Waals surface area contributed by atoms with Crippen LogP contribution in [0.25, 0.3) is 11.1 Å². The molecule has 22 heavy (non-hydrogen) atoms. The molecule has 0 aliphatic heterocycles. The molecule has 1 unspecified atom stereocenters. The summed E-state index contributed by atoms with van der Waals surface area (Å²) >= 11 is 0.312. The van der Waals surface area contributed by atoms with Crippen LogP contribution < -0.4 is 26.9 Å². The van der Waals surface area contributed by atoms with Crippen molar-refractivity contribution >= 4 is 5.69 Å². The van der Waals surface area contributed by atoms with Gasteiger partial charge in [-0.3, -0.25) is 0 Å². The molecule has 0 aromatic heterocycles. The predicted molar refractivity (Wildman–Crippen MR) is 91.7 cm³/mol. The van der Waals surface area contributed by atoms with Gasteiger partial charge < -0.3 is 0 Å². The number of unbranched alkanes of at least 4 members (excludes halogenated alkanes) is 2. The zero-order valence-corrected chi connectivity index (χ0v) is 15.5. The van der Waals surface area contributed by atoms with Crippen molar-refractivity contribution in [3.8, 4) is 11.1 Å². The van der Waals surface area contributed by atoms with Gasteiger partial charge in [-0.25, -0.2) is 0 Å². The summed E-state index contributed by atoms with van der Waals surface area (Å²) in [5.74, 6) is 0. The topological polar surface area (TPSA) is 26.0 Å². The first-order valence-corrected chi connectivity index (χ1v) is 11.1. The van der Waals surface area contributed by atoms with Gasteiger partial charge >= 0.3 is 145 Å². The summed E-state index contributed by atoms with van der Waals surface area (Å²) in [5, 5.41) is 0. The van der Waals surface area contributed by atoms with Gasteiger partial charge in [0.2, 0.25) is 0 Å². The molecule has 1 nitrogen and oxygen atoms in total. The molecule has 0 bridgehead atoms. The summed E-state index contributed by atoms with van der Waals surface area (Å²) in [6.07, 6.45) is 6.82. The fraction of sp³-hybridized carbons (Fsp3) is 0.400. The molecule has 0 saturated carbocycles. The predicted octanol–water partition coefficient (Wildman–Crippen LogP) is 2.20. The van der Waals surface area contributed by atoms with Gasteiger partial charge in [-0.05, 0) is 0 Å². The van der Waals surface area contributed by atoms with E-state index in [-0.39, 0.29) is 0 Å². The van der Waals surface area contributed by atoms with Crippen molar-refractivity contribution in [2.45, 2.75) is 43.0 Å². The third kappa shape index (κ3) is 3.48. The third-order valence-electron chi connectivity index (χ3n) is 4.45. The van der Waals surface area contributed by atoms with E-state index in [1.165, 1.54) is 47.7 Å². The zero-order chi connectivity index (χ0) is 15.4. The Hall–Kier alpha value is -1.03. The molecule has 2 aromatic rings. The summed E-state index contributed by atoms with van der Waals surface area (Å²) in [5.41, 5.74) is 12.7. The molecule has 0 spiro atoms. The first-order chi connectivity index (χ1) is 10.8. The first kappa shape index (κ1) is 15.9. The van der Waals surface area contributed by atoms with E-state index in [2.05, 4.69) is 37.3 Å². The van der Waals surface area contributed by atoms with Crippen molar-refractivity contribution < 1.29 is 21.2 Å². The van der Waals surface area contributed by atoms with E-state index in [0.29, 0.717) is 21.2 Å². The summed E-state index contributed by atoms with van der Waals surface area (Å²) in [6.45, 7) is 2.29. The van der Waals surface area contributed by atoms with Crippen LogP contribution in [0.1, 0.15) is 47.7 Å². The number of halogens is 1. The van der Waals surface area contributed by atoms with Crippen molar-refractivity contribution in [1.82, 2.24) is 0 Å². The number of hydrogen-bond donors (Lipinski definition) is 1. The monoisotopic (exact) mass is 406 g/mol. The average molecular weight is 406 g/mol. The van der Waals surface area contributed by atoms with Crippen molar-refractivity contribution in [3.63, 3.8) is 0 Å². The molecule has 0 radical (unpaired) electrons. The van der Waals surface area contributed by atoms with Crippen molar-refractivity contribution in [3.05, 3.63) is 53.6 Å². The van der Waals surface area contributed by atoms with Crippen molar-refractivity contribution in [2.24, 2.45) is 0 Å². The van der Waals surface area contributed by atoms with Crippen LogP contribution in [-0.2, 0) is 6.42 Å². The minimum atomic E-state index is 0.312. The average Bonchev–Trinajstić information content (AvgIpc) is 2.96. The standard InChI is InChI=1S/C20H25IN/c1-2-3-4-14-21-20-13-12-18-17(6-5-7-19(18)20)15-8-10-16(22)11-9-15/h5-11,20H,2-4,12-14,22H2,1H3/q-1. The number of fused-ring (bicyclic) bond motifs is 1.